The molecule has 1 fully saturated rings. The molecule has 0 radical (unpaired) electrons. The van der Waals surface area contributed by atoms with Gasteiger partial charge < -0.3 is 4.90 Å². The molecule has 3 aromatic rings. The van der Waals surface area contributed by atoms with Crippen LogP contribution < -0.4 is 5.43 Å². The highest BCUT2D eigenvalue weighted by molar-refractivity contribution is 5.95. The molecule has 0 saturated heterocycles. The standard InChI is InChI=1S/C22H23FN4O2/c23-18-8-4-7-17-19(18)25-26-20(21(17)28)22(29)27(13-15-5-2-1-3-6-15)14-16-9-11-24-12-10-16/h4,7-12,15H,1-3,5-6,13-14H2,(H,25,28). The Hall–Kier alpha value is -3.09. The fourth-order valence-corrected chi connectivity index (χ4v) is 4.02. The van der Waals surface area contributed by atoms with Crippen LogP contribution in [-0.2, 0) is 6.54 Å². The monoisotopic (exact) mass is 394 g/mol. The topological polar surface area (TPSA) is 79.0 Å². The number of fused-ring (bicyclic) bond motifs is 1. The summed E-state index contributed by atoms with van der Waals surface area (Å²) in [5, 5.41) is 6.62. The average Bonchev–Trinajstić information content (AvgIpc) is 2.75. The van der Waals surface area contributed by atoms with Gasteiger partial charge in [0.05, 0.1) is 5.39 Å². The van der Waals surface area contributed by atoms with Crippen molar-refractivity contribution in [1.82, 2.24) is 20.1 Å². The van der Waals surface area contributed by atoms with Crippen LogP contribution >= 0.6 is 0 Å². The molecule has 4 rings (SSSR count). The molecule has 29 heavy (non-hydrogen) atoms. The smallest absolute Gasteiger partial charge is 0.278 e. The Bertz CT molecular complexity index is 1060. The summed E-state index contributed by atoms with van der Waals surface area (Å²) in [4.78, 5) is 31.9. The minimum atomic E-state index is -0.568. The lowest BCUT2D eigenvalue weighted by Gasteiger charge is -2.29. The maximum Gasteiger partial charge on any atom is 0.278 e. The summed E-state index contributed by atoms with van der Waals surface area (Å²) in [5.74, 6) is -0.590. The Morgan fingerprint density at radius 1 is 1.14 bits per heavy atom. The predicted molar refractivity (Wildman–Crippen MR) is 108 cm³/mol. The molecule has 1 N–H and O–H groups in total. The van der Waals surface area contributed by atoms with Crippen molar-refractivity contribution in [2.24, 2.45) is 5.92 Å². The minimum absolute atomic E-state index is 0.0158. The second-order valence-electron chi connectivity index (χ2n) is 7.61. The largest absolute Gasteiger partial charge is 0.333 e. The summed E-state index contributed by atoms with van der Waals surface area (Å²) < 4.78 is 13.9. The van der Waals surface area contributed by atoms with E-state index in [0.29, 0.717) is 19.0 Å². The lowest BCUT2D eigenvalue weighted by atomic mass is 9.89. The number of carbonyl (C=O) groups is 1. The van der Waals surface area contributed by atoms with Gasteiger partial charge in [-0.1, -0.05) is 25.3 Å². The first-order chi connectivity index (χ1) is 14.1. The van der Waals surface area contributed by atoms with Crippen molar-refractivity contribution in [3.63, 3.8) is 0 Å². The number of carbonyl (C=O) groups excluding carboxylic acids is 1. The molecule has 0 bridgehead atoms. The van der Waals surface area contributed by atoms with E-state index in [1.807, 2.05) is 12.1 Å². The van der Waals surface area contributed by atoms with E-state index in [1.54, 1.807) is 17.3 Å². The highest BCUT2D eigenvalue weighted by Gasteiger charge is 2.26. The van der Waals surface area contributed by atoms with Crippen molar-refractivity contribution in [3.05, 3.63) is 70.0 Å². The van der Waals surface area contributed by atoms with Crippen molar-refractivity contribution >= 4 is 16.8 Å². The average molecular weight is 394 g/mol. The van der Waals surface area contributed by atoms with Gasteiger partial charge in [0.1, 0.15) is 11.3 Å². The van der Waals surface area contributed by atoms with Crippen molar-refractivity contribution in [1.29, 1.82) is 0 Å². The first-order valence-corrected chi connectivity index (χ1v) is 9.98. The van der Waals surface area contributed by atoms with Crippen LogP contribution in [0.3, 0.4) is 0 Å². The molecule has 1 aliphatic carbocycles. The number of para-hydroxylation sites is 1. The molecule has 7 heteroatoms. The maximum absolute atomic E-state index is 13.9. The van der Waals surface area contributed by atoms with Crippen LogP contribution in [0.5, 0.6) is 0 Å². The number of amides is 1. The van der Waals surface area contributed by atoms with Gasteiger partial charge in [0.25, 0.3) is 5.91 Å². The van der Waals surface area contributed by atoms with Crippen LogP contribution in [0.2, 0.25) is 0 Å². The van der Waals surface area contributed by atoms with Gasteiger partial charge in [-0.05, 0) is 48.6 Å². The zero-order chi connectivity index (χ0) is 20.2. The number of aromatic amines is 1. The molecule has 1 aliphatic rings. The number of nitrogens with zero attached hydrogens (tertiary/aromatic N) is 3. The quantitative estimate of drug-likeness (QED) is 0.716. The van der Waals surface area contributed by atoms with Gasteiger partial charge >= 0.3 is 0 Å². The van der Waals surface area contributed by atoms with Crippen molar-refractivity contribution in [3.8, 4) is 0 Å². The van der Waals surface area contributed by atoms with Gasteiger partial charge in [-0.3, -0.25) is 19.7 Å². The Morgan fingerprint density at radius 2 is 1.90 bits per heavy atom. The number of hydrogen-bond acceptors (Lipinski definition) is 4. The third-order valence-electron chi connectivity index (χ3n) is 5.57. The van der Waals surface area contributed by atoms with Gasteiger partial charge in [-0.15, -0.1) is 0 Å². The molecule has 0 unspecified atom stereocenters. The van der Waals surface area contributed by atoms with E-state index < -0.39 is 17.2 Å². The van der Waals surface area contributed by atoms with E-state index in [1.165, 1.54) is 24.6 Å². The van der Waals surface area contributed by atoms with Gasteiger partial charge in [-0.2, -0.15) is 5.10 Å². The SMILES string of the molecule is O=C(c1n[nH]c2c(F)cccc2c1=O)N(Cc1ccncc1)CC1CCCCC1. The van der Waals surface area contributed by atoms with Crippen molar-refractivity contribution < 1.29 is 9.18 Å². The molecule has 1 aromatic carbocycles. The maximum atomic E-state index is 13.9. The van der Waals surface area contributed by atoms with Crippen LogP contribution in [0.4, 0.5) is 4.39 Å². The third-order valence-corrected chi connectivity index (χ3v) is 5.57. The number of halogens is 1. The summed E-state index contributed by atoms with van der Waals surface area (Å²) in [6.45, 7) is 0.948. The van der Waals surface area contributed by atoms with E-state index in [0.717, 1.165) is 31.2 Å². The van der Waals surface area contributed by atoms with E-state index in [4.69, 9.17) is 0 Å². The molecule has 2 heterocycles. The van der Waals surface area contributed by atoms with Crippen LogP contribution in [0, 0.1) is 11.7 Å². The molecule has 1 saturated carbocycles. The van der Waals surface area contributed by atoms with Crippen LogP contribution in [0.15, 0.2) is 47.5 Å². The number of hydrogen-bond donors (Lipinski definition) is 1. The first-order valence-electron chi connectivity index (χ1n) is 9.98. The Kier molecular flexibility index (Phi) is 5.64. The van der Waals surface area contributed by atoms with Gasteiger partial charge in [0, 0.05) is 25.5 Å². The third kappa shape index (κ3) is 4.18. The minimum Gasteiger partial charge on any atom is -0.333 e. The normalized spacial score (nSPS) is 14.8. The molecule has 0 atom stereocenters. The lowest BCUT2D eigenvalue weighted by molar-refractivity contribution is 0.0690. The molecule has 6 nitrogen and oxygen atoms in total. The molecule has 0 aliphatic heterocycles. The van der Waals surface area contributed by atoms with Crippen LogP contribution in [0.25, 0.3) is 10.9 Å². The van der Waals surface area contributed by atoms with Gasteiger partial charge in [0.2, 0.25) is 5.43 Å². The zero-order valence-corrected chi connectivity index (χ0v) is 16.1. The predicted octanol–water partition coefficient (Wildman–Crippen LogP) is 3.68. The number of H-pyrrole nitrogens is 1. The summed E-state index contributed by atoms with van der Waals surface area (Å²) >= 11 is 0. The second-order valence-corrected chi connectivity index (χ2v) is 7.61. The fraction of sp³-hybridized carbons (Fsp3) is 0.364. The van der Waals surface area contributed by atoms with Gasteiger partial charge in [0.15, 0.2) is 5.69 Å². The molecular weight excluding hydrogens is 371 g/mol. The number of rotatable bonds is 5. The van der Waals surface area contributed by atoms with E-state index in [9.17, 15) is 14.0 Å². The summed E-state index contributed by atoms with van der Waals surface area (Å²) in [6, 6.07) is 7.92. The molecule has 2 aromatic heterocycles. The number of pyridine rings is 1. The Labute approximate surface area is 167 Å². The van der Waals surface area contributed by atoms with E-state index in [2.05, 4.69) is 15.2 Å². The zero-order valence-electron chi connectivity index (χ0n) is 16.1. The van der Waals surface area contributed by atoms with Crippen molar-refractivity contribution in [2.45, 2.75) is 38.6 Å². The highest BCUT2D eigenvalue weighted by Crippen LogP contribution is 2.25. The molecule has 0 spiro atoms. The molecular formula is C22H23FN4O2. The summed E-state index contributed by atoms with van der Waals surface area (Å²) in [7, 11) is 0. The van der Waals surface area contributed by atoms with Gasteiger partial charge in [-0.25, -0.2) is 4.39 Å². The molecule has 150 valence electrons. The fourth-order valence-electron chi connectivity index (χ4n) is 4.02. The number of benzene rings is 1. The molecule has 1 amide bonds. The second kappa shape index (κ2) is 8.51. The van der Waals surface area contributed by atoms with Crippen LogP contribution in [-0.4, -0.2) is 32.5 Å². The van der Waals surface area contributed by atoms with Crippen molar-refractivity contribution in [2.75, 3.05) is 6.54 Å². The van der Waals surface area contributed by atoms with E-state index in [-0.39, 0.29) is 16.6 Å². The highest BCUT2D eigenvalue weighted by atomic mass is 19.1. The lowest BCUT2D eigenvalue weighted by Crippen LogP contribution is -2.38. The first kappa shape index (κ1) is 19.2. The Morgan fingerprint density at radius 3 is 2.66 bits per heavy atom. The number of aromatic nitrogens is 3. The number of nitrogens with one attached hydrogen (secondary N) is 1. The van der Waals surface area contributed by atoms with Crippen LogP contribution in [0.1, 0.15) is 48.2 Å². The summed E-state index contributed by atoms with van der Waals surface area (Å²) in [5.41, 5.74) is 0.203. The Balaban J connectivity index is 1.67. The van der Waals surface area contributed by atoms with E-state index >= 15 is 0 Å². The summed E-state index contributed by atoms with van der Waals surface area (Å²) in [6.07, 6.45) is 9.07.